The van der Waals surface area contributed by atoms with Gasteiger partial charge in [-0.25, -0.2) is 0 Å². The van der Waals surface area contributed by atoms with Gasteiger partial charge in [-0.2, -0.15) is 0 Å². The second-order valence-corrected chi connectivity index (χ2v) is 6.61. The molecule has 0 amide bonds. The van der Waals surface area contributed by atoms with Crippen LogP contribution in [-0.2, 0) is 6.42 Å². The monoisotopic (exact) mass is 325 g/mol. The molecule has 1 aliphatic heterocycles. The van der Waals surface area contributed by atoms with Crippen LogP contribution in [0.2, 0.25) is 0 Å². The van der Waals surface area contributed by atoms with Crippen LogP contribution < -0.4 is 16.2 Å². The molecule has 2 aromatic rings. The molecule has 3 rings (SSSR count). The smallest absolute Gasteiger partial charge is 0.121 e. The predicted molar refractivity (Wildman–Crippen MR) is 100 cm³/mol. The van der Waals surface area contributed by atoms with Crippen molar-refractivity contribution < 1.29 is 4.74 Å². The van der Waals surface area contributed by atoms with Gasteiger partial charge in [-0.05, 0) is 56.0 Å². The Hall–Kier alpha value is -2.20. The Morgan fingerprint density at radius 2 is 1.71 bits per heavy atom. The number of ether oxygens (including phenoxy) is 1. The minimum absolute atomic E-state index is 0.578. The van der Waals surface area contributed by atoms with Gasteiger partial charge < -0.3 is 16.2 Å². The number of nitrogens with two attached hydrogens (primary N) is 2. The Balaban J connectivity index is 1.37. The number of hydrogen-bond donors (Lipinski definition) is 2. The molecule has 0 aromatic heterocycles. The van der Waals surface area contributed by atoms with Crippen LogP contribution in [0.3, 0.4) is 0 Å². The van der Waals surface area contributed by atoms with Crippen molar-refractivity contribution in [3.63, 3.8) is 0 Å². The van der Waals surface area contributed by atoms with Crippen molar-refractivity contribution in [3.8, 4) is 5.75 Å². The minimum atomic E-state index is 0.578. The lowest BCUT2D eigenvalue weighted by molar-refractivity contribution is 0.155. The van der Waals surface area contributed by atoms with Gasteiger partial charge in [-0.15, -0.1) is 0 Å². The standard InChI is InChI=1S/C20H27N3O/c21-19-7-6-18(15-20(19)22)24-13-12-23-10-8-17(9-11-23)14-16-4-2-1-3-5-16/h1-7,15,17H,8-14,21-22H2. The molecule has 1 aliphatic rings. The van der Waals surface area contributed by atoms with Crippen LogP contribution in [-0.4, -0.2) is 31.1 Å². The summed E-state index contributed by atoms with van der Waals surface area (Å²) in [6.45, 7) is 3.96. The maximum absolute atomic E-state index is 5.80. The lowest BCUT2D eigenvalue weighted by Gasteiger charge is -2.31. The minimum Gasteiger partial charge on any atom is -0.492 e. The fraction of sp³-hybridized carbons (Fsp3) is 0.400. The van der Waals surface area contributed by atoms with E-state index in [0.29, 0.717) is 18.0 Å². The first-order valence-electron chi connectivity index (χ1n) is 8.75. The van der Waals surface area contributed by atoms with Gasteiger partial charge in [0.25, 0.3) is 0 Å². The number of nitrogens with zero attached hydrogens (tertiary/aromatic N) is 1. The zero-order valence-corrected chi connectivity index (χ0v) is 14.2. The molecule has 0 atom stereocenters. The Kier molecular flexibility index (Phi) is 5.59. The molecule has 1 saturated heterocycles. The second kappa shape index (κ2) is 8.06. The molecule has 0 unspecified atom stereocenters. The largest absolute Gasteiger partial charge is 0.492 e. The van der Waals surface area contributed by atoms with Crippen molar-refractivity contribution in [2.45, 2.75) is 19.3 Å². The fourth-order valence-electron chi connectivity index (χ4n) is 3.30. The maximum Gasteiger partial charge on any atom is 0.121 e. The number of hydrogen-bond acceptors (Lipinski definition) is 4. The van der Waals surface area contributed by atoms with Crippen LogP contribution in [0.5, 0.6) is 5.75 Å². The Morgan fingerprint density at radius 1 is 0.958 bits per heavy atom. The zero-order valence-electron chi connectivity index (χ0n) is 14.2. The van der Waals surface area contributed by atoms with E-state index in [1.165, 1.54) is 24.8 Å². The van der Waals surface area contributed by atoms with E-state index in [1.54, 1.807) is 12.1 Å². The quantitative estimate of drug-likeness (QED) is 0.801. The summed E-state index contributed by atoms with van der Waals surface area (Å²) in [6, 6.07) is 16.3. The number of nitrogen functional groups attached to an aromatic ring is 2. The molecule has 1 heterocycles. The van der Waals surface area contributed by atoms with Crippen molar-refractivity contribution >= 4 is 11.4 Å². The van der Waals surface area contributed by atoms with Gasteiger partial charge in [0.2, 0.25) is 0 Å². The summed E-state index contributed by atoms with van der Waals surface area (Å²) in [5.74, 6) is 1.60. The molecule has 4 heteroatoms. The molecule has 2 aromatic carbocycles. The lowest BCUT2D eigenvalue weighted by Crippen LogP contribution is -2.37. The van der Waals surface area contributed by atoms with Gasteiger partial charge in [-0.1, -0.05) is 30.3 Å². The number of likely N-dealkylation sites (tertiary alicyclic amines) is 1. The average Bonchev–Trinajstić information content (AvgIpc) is 2.60. The highest BCUT2D eigenvalue weighted by Gasteiger charge is 2.19. The van der Waals surface area contributed by atoms with Gasteiger partial charge in [0, 0.05) is 12.6 Å². The molecule has 4 nitrogen and oxygen atoms in total. The third-order valence-corrected chi connectivity index (χ3v) is 4.81. The summed E-state index contributed by atoms with van der Waals surface area (Å²) < 4.78 is 5.79. The van der Waals surface area contributed by atoms with Crippen molar-refractivity contribution in [3.05, 3.63) is 54.1 Å². The molecule has 1 fully saturated rings. The van der Waals surface area contributed by atoms with E-state index >= 15 is 0 Å². The van der Waals surface area contributed by atoms with Crippen molar-refractivity contribution in [2.24, 2.45) is 5.92 Å². The molecule has 0 spiro atoms. The normalized spacial score (nSPS) is 16.2. The third kappa shape index (κ3) is 4.65. The molecule has 0 saturated carbocycles. The number of rotatable bonds is 6. The number of piperidine rings is 1. The van der Waals surface area contributed by atoms with Crippen LogP contribution in [0.15, 0.2) is 48.5 Å². The van der Waals surface area contributed by atoms with Crippen LogP contribution in [0.4, 0.5) is 11.4 Å². The highest BCUT2D eigenvalue weighted by Crippen LogP contribution is 2.23. The number of benzene rings is 2. The van der Waals surface area contributed by atoms with Gasteiger partial charge in [0.15, 0.2) is 0 Å². The third-order valence-electron chi connectivity index (χ3n) is 4.81. The highest BCUT2D eigenvalue weighted by molar-refractivity contribution is 5.65. The molecular formula is C20H27N3O. The van der Waals surface area contributed by atoms with E-state index in [0.717, 1.165) is 31.3 Å². The van der Waals surface area contributed by atoms with Crippen molar-refractivity contribution in [1.82, 2.24) is 4.90 Å². The van der Waals surface area contributed by atoms with Crippen molar-refractivity contribution in [2.75, 3.05) is 37.7 Å². The van der Waals surface area contributed by atoms with E-state index in [1.807, 2.05) is 6.07 Å². The maximum atomic E-state index is 5.80. The van der Waals surface area contributed by atoms with Crippen LogP contribution in [0.1, 0.15) is 18.4 Å². The molecular weight excluding hydrogens is 298 g/mol. The van der Waals surface area contributed by atoms with E-state index in [2.05, 4.69) is 35.2 Å². The Labute approximate surface area is 144 Å². The van der Waals surface area contributed by atoms with E-state index < -0.39 is 0 Å². The Bertz CT molecular complexity index is 637. The summed E-state index contributed by atoms with van der Waals surface area (Å²) in [4.78, 5) is 2.49. The summed E-state index contributed by atoms with van der Waals surface area (Å²) in [6.07, 6.45) is 3.74. The first kappa shape index (κ1) is 16.7. The van der Waals surface area contributed by atoms with E-state index in [9.17, 15) is 0 Å². The summed E-state index contributed by atoms with van der Waals surface area (Å²) in [7, 11) is 0. The fourth-order valence-corrected chi connectivity index (χ4v) is 3.30. The number of anilines is 2. The van der Waals surface area contributed by atoms with Gasteiger partial charge >= 0.3 is 0 Å². The molecule has 0 aliphatic carbocycles. The SMILES string of the molecule is Nc1ccc(OCCN2CCC(Cc3ccccc3)CC2)cc1N. The van der Waals surface area contributed by atoms with Gasteiger partial charge in [0.05, 0.1) is 11.4 Å². The van der Waals surface area contributed by atoms with Crippen LogP contribution >= 0.6 is 0 Å². The summed E-state index contributed by atoms with van der Waals surface area (Å²) in [5, 5.41) is 0. The van der Waals surface area contributed by atoms with E-state index in [4.69, 9.17) is 16.2 Å². The summed E-state index contributed by atoms with van der Waals surface area (Å²) >= 11 is 0. The molecule has 0 radical (unpaired) electrons. The van der Waals surface area contributed by atoms with Crippen LogP contribution in [0.25, 0.3) is 0 Å². The first-order valence-corrected chi connectivity index (χ1v) is 8.75. The summed E-state index contributed by atoms with van der Waals surface area (Å²) in [5.41, 5.74) is 14.1. The lowest BCUT2D eigenvalue weighted by atomic mass is 9.90. The predicted octanol–water partition coefficient (Wildman–Crippen LogP) is 3.18. The molecule has 128 valence electrons. The first-order chi connectivity index (χ1) is 11.7. The highest BCUT2D eigenvalue weighted by atomic mass is 16.5. The average molecular weight is 325 g/mol. The van der Waals surface area contributed by atoms with Crippen LogP contribution in [0, 0.1) is 5.92 Å². The zero-order chi connectivity index (χ0) is 16.8. The van der Waals surface area contributed by atoms with Gasteiger partial charge in [-0.3, -0.25) is 4.90 Å². The molecule has 4 N–H and O–H groups in total. The van der Waals surface area contributed by atoms with E-state index in [-0.39, 0.29) is 0 Å². The van der Waals surface area contributed by atoms with Gasteiger partial charge in [0.1, 0.15) is 12.4 Å². The molecule has 0 bridgehead atoms. The Morgan fingerprint density at radius 3 is 2.42 bits per heavy atom. The van der Waals surface area contributed by atoms with Crippen molar-refractivity contribution in [1.29, 1.82) is 0 Å². The second-order valence-electron chi connectivity index (χ2n) is 6.61. The molecule has 24 heavy (non-hydrogen) atoms. The topological polar surface area (TPSA) is 64.5 Å².